The van der Waals surface area contributed by atoms with Gasteiger partial charge in [-0.05, 0) is 70.6 Å². The largest absolute Gasteiger partial charge is 0.388 e. The van der Waals surface area contributed by atoms with Gasteiger partial charge in [-0.15, -0.1) is 0 Å². The van der Waals surface area contributed by atoms with E-state index >= 15 is 0 Å². The van der Waals surface area contributed by atoms with Gasteiger partial charge in [0.05, 0.1) is 11.4 Å². The average molecular weight is 444 g/mol. The van der Waals surface area contributed by atoms with Crippen molar-refractivity contribution < 1.29 is 0 Å². The van der Waals surface area contributed by atoms with Gasteiger partial charge in [-0.2, -0.15) is 0 Å². The molecule has 3 aromatic rings. The molecule has 1 N–H and O–H groups in total. The first-order valence-electron chi connectivity index (χ1n) is 8.23. The second-order valence-corrected chi connectivity index (χ2v) is 7.08. The van der Waals surface area contributed by atoms with Crippen LogP contribution in [0.5, 0.6) is 0 Å². The number of halogens is 1. The Morgan fingerprint density at radius 2 is 1.52 bits per heavy atom. The Morgan fingerprint density at radius 3 is 2.04 bits per heavy atom. The first-order valence-corrected chi connectivity index (χ1v) is 9.31. The molecule has 128 valence electrons. The first-order chi connectivity index (χ1) is 12.2. The number of pyridine rings is 2. The second-order valence-electron chi connectivity index (χ2n) is 5.84. The number of aromatic nitrogens is 2. The monoisotopic (exact) mass is 444 g/mol. The van der Waals surface area contributed by atoms with Crippen molar-refractivity contribution in [1.29, 1.82) is 0 Å². The molecule has 0 fully saturated rings. The van der Waals surface area contributed by atoms with Gasteiger partial charge in [0.25, 0.3) is 0 Å². The molecule has 0 saturated carbocycles. The molecular weight excluding hydrogens is 423 g/mol. The number of rotatable bonds is 7. The standard InChI is InChI=1S/C20H21IN4/c1-22-20-9-8-17(21)12-16(20)13-25(14-18-6-2-4-10-23-18)15-19-7-3-5-11-24-19/h2-12,22H,13-15H2,1H3. The van der Waals surface area contributed by atoms with Gasteiger partial charge in [0.1, 0.15) is 0 Å². The molecule has 0 amide bonds. The molecule has 0 radical (unpaired) electrons. The number of hydrogen-bond acceptors (Lipinski definition) is 4. The van der Waals surface area contributed by atoms with Crippen molar-refractivity contribution in [3.05, 3.63) is 87.5 Å². The number of anilines is 1. The predicted molar refractivity (Wildman–Crippen MR) is 110 cm³/mol. The Balaban J connectivity index is 1.84. The molecule has 0 unspecified atom stereocenters. The molecule has 25 heavy (non-hydrogen) atoms. The molecule has 0 saturated heterocycles. The summed E-state index contributed by atoms with van der Waals surface area (Å²) >= 11 is 2.36. The lowest BCUT2D eigenvalue weighted by atomic mass is 10.1. The summed E-state index contributed by atoms with van der Waals surface area (Å²) in [4.78, 5) is 11.3. The van der Waals surface area contributed by atoms with E-state index in [9.17, 15) is 0 Å². The molecule has 4 nitrogen and oxygen atoms in total. The summed E-state index contributed by atoms with van der Waals surface area (Å²) in [6.45, 7) is 2.40. The zero-order chi connectivity index (χ0) is 17.5. The molecule has 0 aliphatic heterocycles. The third-order valence-corrected chi connectivity index (χ3v) is 4.63. The molecule has 2 aromatic heterocycles. The third-order valence-electron chi connectivity index (χ3n) is 3.95. The van der Waals surface area contributed by atoms with Crippen LogP contribution < -0.4 is 5.32 Å². The predicted octanol–water partition coefficient (Wildman–Crippen LogP) is 4.33. The molecule has 5 heteroatoms. The fourth-order valence-electron chi connectivity index (χ4n) is 2.79. The zero-order valence-corrected chi connectivity index (χ0v) is 16.3. The highest BCUT2D eigenvalue weighted by Gasteiger charge is 2.12. The molecular formula is C20H21IN4. The van der Waals surface area contributed by atoms with Crippen molar-refractivity contribution in [2.24, 2.45) is 0 Å². The van der Waals surface area contributed by atoms with E-state index in [2.05, 4.69) is 73.1 Å². The molecule has 2 heterocycles. The Hall–Kier alpha value is -1.99. The van der Waals surface area contributed by atoms with Gasteiger partial charge in [-0.3, -0.25) is 14.9 Å². The van der Waals surface area contributed by atoms with Crippen LogP contribution in [0.2, 0.25) is 0 Å². The van der Waals surface area contributed by atoms with Crippen LogP contribution in [0, 0.1) is 3.57 Å². The Bertz CT molecular complexity index is 752. The summed E-state index contributed by atoms with van der Waals surface area (Å²) in [5, 5.41) is 3.29. The van der Waals surface area contributed by atoms with E-state index in [4.69, 9.17) is 0 Å². The number of benzene rings is 1. The zero-order valence-electron chi connectivity index (χ0n) is 14.2. The van der Waals surface area contributed by atoms with E-state index in [-0.39, 0.29) is 0 Å². The van der Waals surface area contributed by atoms with Crippen LogP contribution in [-0.4, -0.2) is 21.9 Å². The smallest absolute Gasteiger partial charge is 0.0544 e. The molecule has 1 aromatic carbocycles. The minimum absolute atomic E-state index is 0.784. The molecule has 0 atom stereocenters. The van der Waals surface area contributed by atoms with Gasteiger partial charge in [0.15, 0.2) is 0 Å². The van der Waals surface area contributed by atoms with Gasteiger partial charge in [0, 0.05) is 48.3 Å². The summed E-state index contributed by atoms with van der Waals surface area (Å²) < 4.78 is 1.24. The van der Waals surface area contributed by atoms with Gasteiger partial charge in [-0.25, -0.2) is 0 Å². The number of nitrogens with zero attached hydrogens (tertiary/aromatic N) is 3. The fourth-order valence-corrected chi connectivity index (χ4v) is 3.34. The summed E-state index contributed by atoms with van der Waals surface area (Å²) in [7, 11) is 1.97. The highest BCUT2D eigenvalue weighted by Crippen LogP contribution is 2.22. The Morgan fingerprint density at radius 1 is 0.880 bits per heavy atom. The lowest BCUT2D eigenvalue weighted by Crippen LogP contribution is -2.24. The normalized spacial score (nSPS) is 10.8. The molecule has 3 rings (SSSR count). The van der Waals surface area contributed by atoms with Crippen LogP contribution in [-0.2, 0) is 19.6 Å². The maximum absolute atomic E-state index is 4.48. The second kappa shape index (κ2) is 8.92. The highest BCUT2D eigenvalue weighted by molar-refractivity contribution is 14.1. The van der Waals surface area contributed by atoms with Crippen molar-refractivity contribution in [3.8, 4) is 0 Å². The number of hydrogen-bond donors (Lipinski definition) is 1. The van der Waals surface area contributed by atoms with Crippen molar-refractivity contribution >= 4 is 28.3 Å². The van der Waals surface area contributed by atoms with Gasteiger partial charge in [-0.1, -0.05) is 12.1 Å². The topological polar surface area (TPSA) is 41.0 Å². The lowest BCUT2D eigenvalue weighted by molar-refractivity contribution is 0.242. The van der Waals surface area contributed by atoms with Gasteiger partial charge in [0.2, 0.25) is 0 Å². The van der Waals surface area contributed by atoms with Crippen LogP contribution in [0.3, 0.4) is 0 Å². The SMILES string of the molecule is CNc1ccc(I)cc1CN(Cc1ccccn1)Cc1ccccn1. The molecule has 0 aliphatic rings. The maximum atomic E-state index is 4.48. The quantitative estimate of drug-likeness (QED) is 0.551. The maximum Gasteiger partial charge on any atom is 0.0544 e. The highest BCUT2D eigenvalue weighted by atomic mass is 127. The third kappa shape index (κ3) is 5.24. The molecule has 0 spiro atoms. The van der Waals surface area contributed by atoms with Crippen LogP contribution in [0.4, 0.5) is 5.69 Å². The van der Waals surface area contributed by atoms with Crippen molar-refractivity contribution in [1.82, 2.24) is 14.9 Å². The molecule has 0 aliphatic carbocycles. The van der Waals surface area contributed by atoms with E-state index in [0.717, 1.165) is 36.7 Å². The lowest BCUT2D eigenvalue weighted by Gasteiger charge is -2.23. The van der Waals surface area contributed by atoms with Gasteiger partial charge < -0.3 is 5.32 Å². The minimum atomic E-state index is 0.784. The van der Waals surface area contributed by atoms with Crippen molar-refractivity contribution in [2.45, 2.75) is 19.6 Å². The van der Waals surface area contributed by atoms with E-state index in [1.54, 1.807) is 0 Å². The first kappa shape index (κ1) is 17.8. The summed E-state index contributed by atoms with van der Waals surface area (Å²) in [5.74, 6) is 0. The number of nitrogens with one attached hydrogen (secondary N) is 1. The average Bonchev–Trinajstić information content (AvgIpc) is 2.63. The summed E-state index contributed by atoms with van der Waals surface area (Å²) in [5.41, 5.74) is 4.57. The van der Waals surface area contributed by atoms with Crippen LogP contribution in [0.15, 0.2) is 67.0 Å². The Labute approximate surface area is 162 Å². The van der Waals surface area contributed by atoms with E-state index in [1.807, 2.05) is 43.7 Å². The van der Waals surface area contributed by atoms with E-state index in [1.165, 1.54) is 9.13 Å². The summed E-state index contributed by atoms with van der Waals surface area (Å²) in [6.07, 6.45) is 3.69. The molecule has 0 bridgehead atoms. The summed E-state index contributed by atoms with van der Waals surface area (Å²) in [6, 6.07) is 18.6. The fraction of sp³-hybridized carbons (Fsp3) is 0.200. The van der Waals surface area contributed by atoms with Crippen LogP contribution in [0.25, 0.3) is 0 Å². The Kier molecular flexibility index (Phi) is 6.36. The van der Waals surface area contributed by atoms with Crippen molar-refractivity contribution in [3.63, 3.8) is 0 Å². The van der Waals surface area contributed by atoms with Gasteiger partial charge >= 0.3 is 0 Å². The van der Waals surface area contributed by atoms with Crippen LogP contribution >= 0.6 is 22.6 Å². The van der Waals surface area contributed by atoms with Crippen LogP contribution in [0.1, 0.15) is 17.0 Å². The van der Waals surface area contributed by atoms with Crippen molar-refractivity contribution in [2.75, 3.05) is 12.4 Å². The van der Waals surface area contributed by atoms with E-state index < -0.39 is 0 Å². The van der Waals surface area contributed by atoms with E-state index in [0.29, 0.717) is 0 Å². The minimum Gasteiger partial charge on any atom is -0.388 e.